The second-order valence-electron chi connectivity index (χ2n) is 4.48. The molecule has 1 N–H and O–H groups in total. The van der Waals surface area contributed by atoms with Crippen LogP contribution in [0.4, 0.5) is 0 Å². The molecule has 1 aliphatic rings. The minimum absolute atomic E-state index is 0.173. The molecule has 19 heavy (non-hydrogen) atoms. The van der Waals surface area contributed by atoms with Gasteiger partial charge in [-0.3, -0.25) is 0 Å². The van der Waals surface area contributed by atoms with Gasteiger partial charge in [-0.2, -0.15) is 0 Å². The van der Waals surface area contributed by atoms with Gasteiger partial charge in [0.25, 0.3) is 0 Å². The summed E-state index contributed by atoms with van der Waals surface area (Å²) in [5.74, 6) is -0.173. The standard InChI is InChI=1S/C15H19NO2S/c1-3-18-15(17)14-7-6-12(9-11(14)2)16-10-13-5-4-8-19-13/h4-5,8-9,16H,3,6-7,10H2,1-2H3. The molecule has 0 spiro atoms. The van der Waals surface area contributed by atoms with Crippen molar-refractivity contribution in [3.05, 3.63) is 45.3 Å². The molecule has 0 fully saturated rings. The second-order valence-corrected chi connectivity index (χ2v) is 5.52. The smallest absolute Gasteiger partial charge is 0.334 e. The molecule has 0 aromatic carbocycles. The van der Waals surface area contributed by atoms with Gasteiger partial charge in [0.1, 0.15) is 0 Å². The van der Waals surface area contributed by atoms with Crippen molar-refractivity contribution in [3.63, 3.8) is 0 Å². The summed E-state index contributed by atoms with van der Waals surface area (Å²) in [6.45, 7) is 5.09. The largest absolute Gasteiger partial charge is 0.463 e. The van der Waals surface area contributed by atoms with Gasteiger partial charge >= 0.3 is 5.97 Å². The first-order valence-electron chi connectivity index (χ1n) is 6.54. The van der Waals surface area contributed by atoms with Crippen LogP contribution in [0, 0.1) is 0 Å². The van der Waals surface area contributed by atoms with E-state index >= 15 is 0 Å². The fraction of sp³-hybridized carbons (Fsp3) is 0.400. The summed E-state index contributed by atoms with van der Waals surface area (Å²) in [5, 5.41) is 5.51. The van der Waals surface area contributed by atoms with E-state index in [1.807, 2.05) is 13.8 Å². The molecular weight excluding hydrogens is 258 g/mol. The third kappa shape index (κ3) is 3.70. The number of hydrogen-bond acceptors (Lipinski definition) is 4. The summed E-state index contributed by atoms with van der Waals surface area (Å²) >= 11 is 1.75. The van der Waals surface area contributed by atoms with Crippen molar-refractivity contribution in [1.82, 2.24) is 5.32 Å². The van der Waals surface area contributed by atoms with E-state index in [0.717, 1.165) is 30.5 Å². The van der Waals surface area contributed by atoms with Crippen LogP contribution in [0.3, 0.4) is 0 Å². The molecule has 0 amide bonds. The molecule has 1 aromatic rings. The number of ether oxygens (including phenoxy) is 1. The molecule has 3 nitrogen and oxygen atoms in total. The number of carbonyl (C=O) groups excluding carboxylic acids is 1. The summed E-state index contributed by atoms with van der Waals surface area (Å²) in [7, 11) is 0. The Morgan fingerprint density at radius 3 is 2.95 bits per heavy atom. The lowest BCUT2D eigenvalue weighted by molar-refractivity contribution is -0.138. The van der Waals surface area contributed by atoms with Gasteiger partial charge in [-0.1, -0.05) is 6.07 Å². The van der Waals surface area contributed by atoms with Gasteiger partial charge in [-0.25, -0.2) is 4.79 Å². The molecule has 0 aliphatic heterocycles. The first-order chi connectivity index (χ1) is 9.20. The van der Waals surface area contributed by atoms with E-state index in [0.29, 0.717) is 6.61 Å². The van der Waals surface area contributed by atoms with Crippen molar-refractivity contribution in [2.75, 3.05) is 6.61 Å². The average Bonchev–Trinajstić information content (AvgIpc) is 2.89. The Kier molecular flexibility index (Phi) is 4.80. The third-order valence-electron chi connectivity index (χ3n) is 3.10. The third-order valence-corrected chi connectivity index (χ3v) is 3.98. The van der Waals surface area contributed by atoms with Crippen molar-refractivity contribution >= 4 is 17.3 Å². The highest BCUT2D eigenvalue weighted by molar-refractivity contribution is 7.09. The van der Waals surface area contributed by atoms with E-state index in [1.54, 1.807) is 11.3 Å². The number of allylic oxidation sites excluding steroid dienone is 3. The number of esters is 1. The molecule has 0 atom stereocenters. The lowest BCUT2D eigenvalue weighted by Gasteiger charge is -2.18. The van der Waals surface area contributed by atoms with Crippen LogP contribution in [0.15, 0.2) is 40.4 Å². The quantitative estimate of drug-likeness (QED) is 0.838. The number of hydrogen-bond donors (Lipinski definition) is 1. The number of thiophene rings is 1. The van der Waals surface area contributed by atoms with E-state index in [4.69, 9.17) is 4.74 Å². The zero-order chi connectivity index (χ0) is 13.7. The zero-order valence-corrected chi connectivity index (χ0v) is 12.2. The Balaban J connectivity index is 1.97. The summed E-state index contributed by atoms with van der Waals surface area (Å²) < 4.78 is 5.06. The summed E-state index contributed by atoms with van der Waals surface area (Å²) in [5.41, 5.74) is 3.01. The van der Waals surface area contributed by atoms with Crippen molar-refractivity contribution in [1.29, 1.82) is 0 Å². The molecule has 1 aliphatic carbocycles. The predicted molar refractivity (Wildman–Crippen MR) is 77.8 cm³/mol. The van der Waals surface area contributed by atoms with Gasteiger partial charge in [0.15, 0.2) is 0 Å². The van der Waals surface area contributed by atoms with Gasteiger partial charge in [0.05, 0.1) is 6.61 Å². The van der Waals surface area contributed by atoms with Crippen LogP contribution in [0.2, 0.25) is 0 Å². The monoisotopic (exact) mass is 277 g/mol. The summed E-state index contributed by atoms with van der Waals surface area (Å²) in [6, 6.07) is 4.18. The lowest BCUT2D eigenvalue weighted by atomic mass is 9.96. The van der Waals surface area contributed by atoms with Crippen molar-refractivity contribution in [2.24, 2.45) is 0 Å². The minimum atomic E-state index is -0.173. The first kappa shape index (κ1) is 13.9. The molecule has 1 aromatic heterocycles. The number of nitrogens with one attached hydrogen (secondary N) is 1. The molecular formula is C15H19NO2S. The topological polar surface area (TPSA) is 38.3 Å². The molecule has 0 saturated heterocycles. The van der Waals surface area contributed by atoms with E-state index < -0.39 is 0 Å². The zero-order valence-electron chi connectivity index (χ0n) is 11.4. The average molecular weight is 277 g/mol. The summed E-state index contributed by atoms with van der Waals surface area (Å²) in [6.07, 6.45) is 3.69. The van der Waals surface area contributed by atoms with Crippen LogP contribution in [0.1, 0.15) is 31.6 Å². The number of rotatable bonds is 5. The second kappa shape index (κ2) is 6.57. The minimum Gasteiger partial charge on any atom is -0.463 e. The van der Waals surface area contributed by atoms with Crippen molar-refractivity contribution in [2.45, 2.75) is 33.2 Å². The predicted octanol–water partition coefficient (Wildman–Crippen LogP) is 3.40. The van der Waals surface area contributed by atoms with Crippen LogP contribution in [-0.4, -0.2) is 12.6 Å². The van der Waals surface area contributed by atoms with Crippen LogP contribution in [-0.2, 0) is 16.1 Å². The van der Waals surface area contributed by atoms with Gasteiger partial charge in [0, 0.05) is 22.7 Å². The highest BCUT2D eigenvalue weighted by Gasteiger charge is 2.17. The molecule has 0 unspecified atom stereocenters. The highest BCUT2D eigenvalue weighted by atomic mass is 32.1. The van der Waals surface area contributed by atoms with E-state index in [-0.39, 0.29) is 5.97 Å². The first-order valence-corrected chi connectivity index (χ1v) is 7.42. The van der Waals surface area contributed by atoms with Crippen molar-refractivity contribution in [3.8, 4) is 0 Å². The lowest BCUT2D eigenvalue weighted by Crippen LogP contribution is -2.18. The Bertz CT molecular complexity index is 500. The van der Waals surface area contributed by atoms with Gasteiger partial charge in [-0.15, -0.1) is 11.3 Å². The normalized spacial score (nSPS) is 15.2. The molecule has 0 radical (unpaired) electrons. The van der Waals surface area contributed by atoms with Crippen LogP contribution in [0.5, 0.6) is 0 Å². The molecule has 1 heterocycles. The maximum absolute atomic E-state index is 11.7. The number of carbonyl (C=O) groups is 1. The fourth-order valence-corrected chi connectivity index (χ4v) is 2.76. The SMILES string of the molecule is CCOC(=O)C1=C(C)C=C(NCc2cccs2)CC1. The van der Waals surface area contributed by atoms with Crippen LogP contribution in [0.25, 0.3) is 0 Å². The molecule has 4 heteroatoms. The summed E-state index contributed by atoms with van der Waals surface area (Å²) in [4.78, 5) is 13.0. The van der Waals surface area contributed by atoms with Gasteiger partial charge in [0.2, 0.25) is 0 Å². The molecule has 0 saturated carbocycles. The Hall–Kier alpha value is -1.55. The maximum Gasteiger partial charge on any atom is 0.334 e. The fourth-order valence-electron chi connectivity index (χ4n) is 2.11. The van der Waals surface area contributed by atoms with Gasteiger partial charge < -0.3 is 10.1 Å². The van der Waals surface area contributed by atoms with Gasteiger partial charge in [-0.05, 0) is 49.8 Å². The Labute approximate surface area is 118 Å². The highest BCUT2D eigenvalue weighted by Crippen LogP contribution is 2.24. The van der Waals surface area contributed by atoms with E-state index in [9.17, 15) is 4.79 Å². The Morgan fingerprint density at radius 1 is 1.47 bits per heavy atom. The van der Waals surface area contributed by atoms with Crippen LogP contribution >= 0.6 is 11.3 Å². The Morgan fingerprint density at radius 2 is 2.32 bits per heavy atom. The van der Waals surface area contributed by atoms with Crippen LogP contribution < -0.4 is 5.32 Å². The van der Waals surface area contributed by atoms with E-state index in [1.165, 1.54) is 10.6 Å². The van der Waals surface area contributed by atoms with Crippen molar-refractivity contribution < 1.29 is 9.53 Å². The maximum atomic E-state index is 11.7. The molecule has 2 rings (SSSR count). The molecule has 0 bridgehead atoms. The van der Waals surface area contributed by atoms with E-state index in [2.05, 4.69) is 28.9 Å². The molecule has 102 valence electrons.